The van der Waals surface area contributed by atoms with E-state index < -0.39 is 28.7 Å². The van der Waals surface area contributed by atoms with Crippen molar-refractivity contribution < 1.29 is 25.8 Å². The zero-order valence-corrected chi connectivity index (χ0v) is 8.68. The van der Waals surface area contributed by atoms with Gasteiger partial charge >= 0.3 is 16.5 Å². The fourth-order valence-electron chi connectivity index (χ4n) is 0.988. The summed E-state index contributed by atoms with van der Waals surface area (Å²) in [5.74, 6) is 0. The van der Waals surface area contributed by atoms with Crippen LogP contribution in [0.4, 0.5) is 13.2 Å². The summed E-state index contributed by atoms with van der Waals surface area (Å²) in [6.07, 6.45) is -4.47. The molecule has 1 rings (SSSR count). The maximum atomic E-state index is 12.3. The molecular formula is C8H8F3NO3S. The predicted octanol–water partition coefficient (Wildman–Crippen LogP) is 1.43. The van der Waals surface area contributed by atoms with Crippen LogP contribution in [0, 0.1) is 0 Å². The number of alkyl halides is 3. The molecule has 0 unspecified atom stereocenters. The number of nitrogens with two attached hydrogens (primary N) is 1. The molecular weight excluding hydrogens is 247 g/mol. The Morgan fingerprint density at radius 3 is 2.44 bits per heavy atom. The molecule has 0 bridgehead atoms. The molecule has 0 spiro atoms. The first-order valence-electron chi connectivity index (χ1n) is 4.02. The van der Waals surface area contributed by atoms with Crippen molar-refractivity contribution in [3.8, 4) is 0 Å². The minimum absolute atomic E-state index is 0.0730. The molecule has 0 aliphatic heterocycles. The molecule has 1 aromatic carbocycles. The fourth-order valence-corrected chi connectivity index (χ4v) is 1.29. The van der Waals surface area contributed by atoms with Gasteiger partial charge in [-0.1, -0.05) is 12.1 Å². The highest BCUT2D eigenvalue weighted by atomic mass is 32.2. The second-order valence-electron chi connectivity index (χ2n) is 2.95. The van der Waals surface area contributed by atoms with Gasteiger partial charge in [0.25, 0.3) is 0 Å². The van der Waals surface area contributed by atoms with E-state index in [4.69, 9.17) is 0 Å². The fraction of sp³-hybridized carbons (Fsp3) is 0.250. The summed E-state index contributed by atoms with van der Waals surface area (Å²) < 4.78 is 61.8. The average Bonchev–Trinajstić information content (AvgIpc) is 2.13. The Morgan fingerprint density at radius 1 is 1.31 bits per heavy atom. The summed E-state index contributed by atoms with van der Waals surface area (Å²) in [5, 5.41) is 4.53. The number of halogens is 3. The van der Waals surface area contributed by atoms with E-state index in [1.54, 1.807) is 0 Å². The molecule has 4 nitrogen and oxygen atoms in total. The van der Waals surface area contributed by atoms with E-state index >= 15 is 0 Å². The maximum Gasteiger partial charge on any atom is 0.416 e. The molecule has 0 atom stereocenters. The highest BCUT2D eigenvalue weighted by molar-refractivity contribution is 7.84. The molecule has 0 aliphatic rings. The minimum Gasteiger partial charge on any atom is -0.253 e. The molecule has 0 amide bonds. The Kier molecular flexibility index (Phi) is 3.56. The number of rotatable bonds is 3. The number of hydrogen-bond acceptors (Lipinski definition) is 3. The lowest BCUT2D eigenvalue weighted by Crippen LogP contribution is -2.15. The third-order valence-electron chi connectivity index (χ3n) is 1.64. The van der Waals surface area contributed by atoms with Crippen LogP contribution in [0.25, 0.3) is 0 Å². The van der Waals surface area contributed by atoms with Crippen LogP contribution in [0.2, 0.25) is 0 Å². The molecule has 0 aromatic heterocycles. The van der Waals surface area contributed by atoms with Crippen LogP contribution in [-0.2, 0) is 27.3 Å². The first-order valence-corrected chi connectivity index (χ1v) is 5.49. The van der Waals surface area contributed by atoms with E-state index in [0.29, 0.717) is 0 Å². The van der Waals surface area contributed by atoms with Gasteiger partial charge in [0.05, 0.1) is 12.2 Å². The van der Waals surface area contributed by atoms with E-state index in [1.807, 2.05) is 0 Å². The van der Waals surface area contributed by atoms with Crippen LogP contribution < -0.4 is 5.14 Å². The summed E-state index contributed by atoms with van der Waals surface area (Å²) >= 11 is 0. The van der Waals surface area contributed by atoms with Gasteiger partial charge in [-0.05, 0) is 17.7 Å². The molecule has 8 heteroatoms. The van der Waals surface area contributed by atoms with E-state index in [0.717, 1.165) is 18.2 Å². The number of benzene rings is 1. The largest absolute Gasteiger partial charge is 0.416 e. The molecule has 0 saturated heterocycles. The van der Waals surface area contributed by atoms with Crippen molar-refractivity contribution in [2.75, 3.05) is 0 Å². The monoisotopic (exact) mass is 255 g/mol. The first-order chi connectivity index (χ1) is 7.18. The lowest BCUT2D eigenvalue weighted by Gasteiger charge is -2.08. The van der Waals surface area contributed by atoms with Crippen LogP contribution in [0.15, 0.2) is 24.3 Å². The van der Waals surface area contributed by atoms with Crippen molar-refractivity contribution in [1.29, 1.82) is 0 Å². The van der Waals surface area contributed by atoms with Gasteiger partial charge < -0.3 is 0 Å². The lowest BCUT2D eigenvalue weighted by molar-refractivity contribution is -0.137. The number of hydrogen-bond donors (Lipinski definition) is 1. The molecule has 0 aliphatic carbocycles. The Balaban J connectivity index is 2.84. The van der Waals surface area contributed by atoms with Crippen molar-refractivity contribution in [1.82, 2.24) is 0 Å². The van der Waals surface area contributed by atoms with E-state index in [2.05, 4.69) is 9.32 Å². The predicted molar refractivity (Wildman–Crippen MR) is 49.3 cm³/mol. The zero-order chi connectivity index (χ0) is 12.4. The summed E-state index contributed by atoms with van der Waals surface area (Å²) in [4.78, 5) is 0. The summed E-state index contributed by atoms with van der Waals surface area (Å²) in [6, 6.07) is 4.14. The third kappa shape index (κ3) is 4.17. The second kappa shape index (κ2) is 4.40. The smallest absolute Gasteiger partial charge is 0.253 e. The summed E-state index contributed by atoms with van der Waals surface area (Å²) in [6.45, 7) is -0.525. The molecule has 1 aromatic rings. The normalized spacial score (nSPS) is 12.8. The first kappa shape index (κ1) is 12.9. The zero-order valence-electron chi connectivity index (χ0n) is 7.86. The minimum atomic E-state index is -4.47. The Labute approximate surface area is 90.1 Å². The molecule has 0 fully saturated rings. The quantitative estimate of drug-likeness (QED) is 0.888. The SMILES string of the molecule is NS(=O)(=O)OCc1cccc(C(F)(F)F)c1. The maximum absolute atomic E-state index is 12.3. The van der Waals surface area contributed by atoms with Crippen molar-refractivity contribution in [2.45, 2.75) is 12.8 Å². The Morgan fingerprint density at radius 2 is 1.94 bits per heavy atom. The van der Waals surface area contributed by atoms with Gasteiger partial charge in [0.15, 0.2) is 0 Å². The van der Waals surface area contributed by atoms with Crippen LogP contribution >= 0.6 is 0 Å². The van der Waals surface area contributed by atoms with E-state index in [1.165, 1.54) is 6.07 Å². The summed E-state index contributed by atoms with van der Waals surface area (Å²) in [5.41, 5.74) is -0.799. The second-order valence-corrected chi connectivity index (χ2v) is 4.17. The van der Waals surface area contributed by atoms with E-state index in [-0.39, 0.29) is 5.56 Å². The van der Waals surface area contributed by atoms with Crippen LogP contribution in [0.5, 0.6) is 0 Å². The molecule has 0 saturated carbocycles. The van der Waals surface area contributed by atoms with Gasteiger partial charge in [-0.2, -0.15) is 21.6 Å². The highest BCUT2D eigenvalue weighted by Gasteiger charge is 2.30. The van der Waals surface area contributed by atoms with Crippen molar-refractivity contribution in [3.63, 3.8) is 0 Å². The van der Waals surface area contributed by atoms with Crippen LogP contribution in [0.1, 0.15) is 11.1 Å². The Hall–Kier alpha value is -1.12. The van der Waals surface area contributed by atoms with Crippen molar-refractivity contribution >= 4 is 10.3 Å². The molecule has 0 radical (unpaired) electrons. The van der Waals surface area contributed by atoms with Crippen molar-refractivity contribution in [2.24, 2.45) is 5.14 Å². The van der Waals surface area contributed by atoms with Gasteiger partial charge in [-0.25, -0.2) is 5.14 Å². The van der Waals surface area contributed by atoms with Gasteiger partial charge in [0.2, 0.25) is 0 Å². The Bertz CT molecular complexity index is 470. The van der Waals surface area contributed by atoms with Crippen LogP contribution in [-0.4, -0.2) is 8.42 Å². The van der Waals surface area contributed by atoms with Gasteiger partial charge in [0.1, 0.15) is 0 Å². The molecule has 16 heavy (non-hydrogen) atoms. The molecule has 0 heterocycles. The lowest BCUT2D eigenvalue weighted by atomic mass is 10.1. The third-order valence-corrected chi connectivity index (χ3v) is 2.09. The molecule has 90 valence electrons. The highest BCUT2D eigenvalue weighted by Crippen LogP contribution is 2.29. The van der Waals surface area contributed by atoms with Gasteiger partial charge in [-0.15, -0.1) is 0 Å². The van der Waals surface area contributed by atoms with Crippen molar-refractivity contribution in [3.05, 3.63) is 35.4 Å². The average molecular weight is 255 g/mol. The molecule has 2 N–H and O–H groups in total. The topological polar surface area (TPSA) is 69.4 Å². The van der Waals surface area contributed by atoms with Crippen LogP contribution in [0.3, 0.4) is 0 Å². The summed E-state index contributed by atoms with van der Waals surface area (Å²) in [7, 11) is -4.15. The van der Waals surface area contributed by atoms with E-state index in [9.17, 15) is 21.6 Å². The standard InChI is InChI=1S/C8H8F3NO3S/c9-8(10,11)7-3-1-2-6(4-7)5-15-16(12,13)14/h1-4H,5H2,(H2,12,13,14). The van der Waals surface area contributed by atoms with Gasteiger partial charge in [0, 0.05) is 0 Å². The van der Waals surface area contributed by atoms with Gasteiger partial charge in [-0.3, -0.25) is 4.18 Å².